The highest BCUT2D eigenvalue weighted by Crippen LogP contribution is 2.50. The highest BCUT2D eigenvalue weighted by atomic mass is 16.5. The molecular formula is C58H36O2. The molecule has 60 heavy (non-hydrogen) atoms. The minimum absolute atomic E-state index is 0.0170. The van der Waals surface area contributed by atoms with E-state index in [4.69, 9.17) is 9.15 Å². The van der Waals surface area contributed by atoms with Crippen LogP contribution in [-0.4, -0.2) is 6.10 Å². The molecule has 0 fully saturated rings. The molecule has 2 aliphatic carbocycles. The molecule has 2 heterocycles. The van der Waals surface area contributed by atoms with Crippen molar-refractivity contribution in [1.29, 1.82) is 0 Å². The zero-order valence-corrected chi connectivity index (χ0v) is 32.6. The Morgan fingerprint density at radius 1 is 0.417 bits per heavy atom. The Bertz CT molecular complexity index is 3530. The van der Waals surface area contributed by atoms with E-state index < -0.39 is 0 Å². The van der Waals surface area contributed by atoms with Crippen molar-refractivity contribution in [3.05, 3.63) is 223 Å². The van der Waals surface area contributed by atoms with Gasteiger partial charge in [0, 0.05) is 33.2 Å². The molecule has 2 unspecified atom stereocenters. The summed E-state index contributed by atoms with van der Waals surface area (Å²) < 4.78 is 13.1. The topological polar surface area (TPSA) is 22.4 Å². The molecule has 1 aromatic heterocycles. The minimum Gasteiger partial charge on any atom is -0.484 e. The molecule has 280 valence electrons. The molecule has 1 aliphatic heterocycles. The molecule has 0 spiro atoms. The summed E-state index contributed by atoms with van der Waals surface area (Å²) in [4.78, 5) is 0. The smallest absolute Gasteiger partial charge is 0.143 e. The van der Waals surface area contributed by atoms with Gasteiger partial charge in [0.15, 0.2) is 0 Å². The first kappa shape index (κ1) is 33.3. The van der Waals surface area contributed by atoms with Crippen LogP contribution < -0.4 is 4.74 Å². The first-order chi connectivity index (χ1) is 29.8. The number of fused-ring (bicyclic) bond motifs is 12. The molecule has 2 atom stereocenters. The van der Waals surface area contributed by atoms with Crippen LogP contribution in [-0.2, 0) is 0 Å². The maximum Gasteiger partial charge on any atom is 0.143 e. The number of hydrogen-bond donors (Lipinski definition) is 0. The van der Waals surface area contributed by atoms with E-state index in [1.807, 2.05) is 6.07 Å². The highest BCUT2D eigenvalue weighted by Gasteiger charge is 2.39. The second-order valence-corrected chi connectivity index (χ2v) is 16.2. The first-order valence-electron chi connectivity index (χ1n) is 20.8. The maximum atomic E-state index is 6.59. The predicted molar refractivity (Wildman–Crippen MR) is 250 cm³/mol. The van der Waals surface area contributed by atoms with Gasteiger partial charge in [-0.2, -0.15) is 0 Å². The van der Waals surface area contributed by atoms with Crippen LogP contribution in [0.5, 0.6) is 5.75 Å². The molecule has 0 saturated heterocycles. The lowest BCUT2D eigenvalue weighted by molar-refractivity contribution is 0.244. The number of benzene rings is 9. The van der Waals surface area contributed by atoms with E-state index in [0.717, 1.165) is 33.1 Å². The Kier molecular flexibility index (Phi) is 7.17. The molecule has 3 aliphatic rings. The quantitative estimate of drug-likeness (QED) is 0.167. The summed E-state index contributed by atoms with van der Waals surface area (Å²) in [6.45, 7) is 0. The average Bonchev–Trinajstić information content (AvgIpc) is 3.89. The fourth-order valence-electron chi connectivity index (χ4n) is 10.4. The second-order valence-electron chi connectivity index (χ2n) is 16.2. The van der Waals surface area contributed by atoms with E-state index in [2.05, 4.69) is 200 Å². The van der Waals surface area contributed by atoms with Gasteiger partial charge in [0.05, 0.1) is 0 Å². The maximum absolute atomic E-state index is 6.59. The van der Waals surface area contributed by atoms with Crippen molar-refractivity contribution in [2.75, 3.05) is 0 Å². The Morgan fingerprint density at radius 3 is 1.73 bits per heavy atom. The normalized spacial score (nSPS) is 16.7. The number of hydrogen-bond acceptors (Lipinski definition) is 2. The monoisotopic (exact) mass is 764 g/mol. The van der Waals surface area contributed by atoms with Gasteiger partial charge in [-0.25, -0.2) is 0 Å². The lowest BCUT2D eigenvalue weighted by Crippen LogP contribution is -2.28. The zero-order chi connectivity index (χ0) is 39.3. The second kappa shape index (κ2) is 12.9. The molecule has 2 heteroatoms. The van der Waals surface area contributed by atoms with E-state index >= 15 is 0 Å². The van der Waals surface area contributed by atoms with Crippen molar-refractivity contribution in [2.24, 2.45) is 5.92 Å². The average molecular weight is 765 g/mol. The van der Waals surface area contributed by atoms with Gasteiger partial charge in [-0.15, -0.1) is 0 Å². The number of ether oxygens (including phenoxy) is 1. The van der Waals surface area contributed by atoms with Crippen LogP contribution in [0.2, 0.25) is 0 Å². The van der Waals surface area contributed by atoms with Crippen LogP contribution in [0.4, 0.5) is 0 Å². The molecule has 10 aromatic rings. The van der Waals surface area contributed by atoms with Gasteiger partial charge in [-0.1, -0.05) is 170 Å². The fourth-order valence-corrected chi connectivity index (χ4v) is 10.4. The Balaban J connectivity index is 0.998. The molecule has 0 N–H and O–H groups in total. The number of para-hydroxylation sites is 2. The summed E-state index contributed by atoms with van der Waals surface area (Å²) in [5.41, 5.74) is 15.3. The Hall–Kier alpha value is -7.68. The van der Waals surface area contributed by atoms with Crippen LogP contribution in [0.1, 0.15) is 11.1 Å². The van der Waals surface area contributed by atoms with Gasteiger partial charge in [0.25, 0.3) is 0 Å². The fraction of sp³-hybridized carbons (Fsp3) is 0.0345. The zero-order valence-electron chi connectivity index (χ0n) is 32.6. The first-order valence-corrected chi connectivity index (χ1v) is 20.8. The van der Waals surface area contributed by atoms with Crippen molar-refractivity contribution in [3.8, 4) is 39.1 Å². The summed E-state index contributed by atoms with van der Waals surface area (Å²) in [7, 11) is 0. The predicted octanol–water partition coefficient (Wildman–Crippen LogP) is 15.4. The highest BCUT2D eigenvalue weighted by molar-refractivity contribution is 6.22. The molecule has 0 amide bonds. The molecule has 13 rings (SSSR count). The van der Waals surface area contributed by atoms with Crippen LogP contribution in [0.15, 0.2) is 216 Å². The lowest BCUT2D eigenvalue weighted by Gasteiger charge is -2.30. The van der Waals surface area contributed by atoms with Gasteiger partial charge in [0.2, 0.25) is 0 Å². The number of rotatable bonds is 4. The Labute approximate surface area is 347 Å². The summed E-state index contributed by atoms with van der Waals surface area (Å²) in [6, 6.07) is 64.0. The summed E-state index contributed by atoms with van der Waals surface area (Å²) in [6.07, 6.45) is 11.3. The van der Waals surface area contributed by atoms with E-state index in [-0.39, 0.29) is 12.0 Å². The molecule has 2 nitrogen and oxygen atoms in total. The van der Waals surface area contributed by atoms with Gasteiger partial charge < -0.3 is 9.15 Å². The van der Waals surface area contributed by atoms with Gasteiger partial charge in [-0.3, -0.25) is 0 Å². The van der Waals surface area contributed by atoms with Crippen LogP contribution in [0, 0.1) is 5.92 Å². The van der Waals surface area contributed by atoms with Crippen LogP contribution in [0.25, 0.3) is 98.8 Å². The van der Waals surface area contributed by atoms with Gasteiger partial charge in [-0.05, 0) is 113 Å². The third-order valence-electron chi connectivity index (χ3n) is 13.0. The van der Waals surface area contributed by atoms with E-state index in [1.165, 1.54) is 88.2 Å². The van der Waals surface area contributed by atoms with Gasteiger partial charge in [0.1, 0.15) is 23.0 Å². The molecule has 9 aromatic carbocycles. The summed E-state index contributed by atoms with van der Waals surface area (Å²) >= 11 is 0. The minimum atomic E-state index is -0.0170. The summed E-state index contributed by atoms with van der Waals surface area (Å²) in [5.74, 6) is 1.12. The Morgan fingerprint density at radius 2 is 1.00 bits per heavy atom. The van der Waals surface area contributed by atoms with Crippen LogP contribution in [0.3, 0.4) is 0 Å². The van der Waals surface area contributed by atoms with E-state index in [9.17, 15) is 0 Å². The van der Waals surface area contributed by atoms with Crippen molar-refractivity contribution < 1.29 is 9.15 Å². The molecule has 0 saturated carbocycles. The summed E-state index contributed by atoms with van der Waals surface area (Å²) in [5, 5.41) is 9.53. The third kappa shape index (κ3) is 4.88. The number of allylic oxidation sites excluding steroid dienone is 5. The van der Waals surface area contributed by atoms with Crippen molar-refractivity contribution in [3.63, 3.8) is 0 Å². The molecular weight excluding hydrogens is 729 g/mol. The van der Waals surface area contributed by atoms with Crippen molar-refractivity contribution >= 4 is 65.4 Å². The van der Waals surface area contributed by atoms with Crippen molar-refractivity contribution in [2.45, 2.75) is 6.10 Å². The third-order valence-corrected chi connectivity index (χ3v) is 13.0. The van der Waals surface area contributed by atoms with Gasteiger partial charge >= 0.3 is 0 Å². The lowest BCUT2D eigenvalue weighted by atomic mass is 9.76. The number of furan rings is 1. The molecule has 0 bridgehead atoms. The SMILES string of the molecule is C1=CC2=C(c3cccc(-c4c5ccccc5c(-c5cccc(-c6cc7c8ccccc8oc7c7ccccc67)c5)c5ccccc45)c3)C=C3c4ccccc4OC3C2C=C1. The van der Waals surface area contributed by atoms with E-state index in [1.54, 1.807) is 0 Å². The van der Waals surface area contributed by atoms with Crippen LogP contribution >= 0.6 is 0 Å². The van der Waals surface area contributed by atoms with E-state index in [0.29, 0.717) is 0 Å². The largest absolute Gasteiger partial charge is 0.484 e. The standard InChI is InChI=1S/C58H36O2/c1-7-27-47-39(19-1)49(33-51-41-21-9-11-29-53(41)59-57(47)51)35-15-13-17-37(31-35)55-43-23-3-5-25-45(43)56(46-26-6-4-24-44(46)55)38-18-14-16-36(32-38)50-34-52-42-22-10-12-30-54(42)60-58(52)48-28-8-2-20-40(48)50/h1-34,47,57H. The van der Waals surface area contributed by atoms with Crippen molar-refractivity contribution in [1.82, 2.24) is 0 Å². The molecule has 0 radical (unpaired) electrons.